The highest BCUT2D eigenvalue weighted by Crippen LogP contribution is 2.24. The Bertz CT molecular complexity index is 457. The van der Waals surface area contributed by atoms with Crippen LogP contribution in [0.4, 0.5) is 0 Å². The molecule has 2 aliphatic rings. The molecule has 0 saturated carbocycles. The molecule has 2 saturated heterocycles. The number of aromatic nitrogens is 1. The van der Waals surface area contributed by atoms with Crippen LogP contribution < -0.4 is 0 Å². The molecule has 0 spiro atoms. The predicted molar refractivity (Wildman–Crippen MR) is 80.8 cm³/mol. The van der Waals surface area contributed by atoms with E-state index in [0.717, 1.165) is 57.7 Å². The second-order valence-corrected chi connectivity index (χ2v) is 6.20. The molecule has 4 nitrogen and oxygen atoms in total. The lowest BCUT2D eigenvalue weighted by Gasteiger charge is -2.35. The number of piperidine rings is 1. The number of rotatable bonds is 3. The molecule has 0 unspecified atom stereocenters. The van der Waals surface area contributed by atoms with E-state index in [4.69, 9.17) is 4.74 Å². The van der Waals surface area contributed by atoms with Crippen molar-refractivity contribution in [3.05, 3.63) is 30.1 Å². The van der Waals surface area contributed by atoms with Crippen molar-refractivity contribution < 1.29 is 9.53 Å². The van der Waals surface area contributed by atoms with Gasteiger partial charge in [-0.1, -0.05) is 6.07 Å². The van der Waals surface area contributed by atoms with Crippen molar-refractivity contribution in [2.75, 3.05) is 26.3 Å². The third kappa shape index (κ3) is 3.82. The van der Waals surface area contributed by atoms with E-state index in [9.17, 15) is 4.79 Å². The van der Waals surface area contributed by atoms with Gasteiger partial charge in [0.25, 0.3) is 0 Å². The molecule has 0 radical (unpaired) electrons. The van der Waals surface area contributed by atoms with Gasteiger partial charge in [0.2, 0.25) is 5.91 Å². The topological polar surface area (TPSA) is 42.4 Å². The number of carbonyl (C=O) groups is 1. The summed E-state index contributed by atoms with van der Waals surface area (Å²) >= 11 is 0. The SMILES string of the molecule is O=C(C1CCOCC1)N1CCC[C@@H](Cc2ccccn2)C1. The highest BCUT2D eigenvalue weighted by atomic mass is 16.5. The zero-order valence-electron chi connectivity index (χ0n) is 12.5. The molecular weight excluding hydrogens is 264 g/mol. The first-order chi connectivity index (χ1) is 10.3. The molecule has 0 bridgehead atoms. The van der Waals surface area contributed by atoms with E-state index in [1.807, 2.05) is 18.3 Å². The number of hydrogen-bond acceptors (Lipinski definition) is 3. The van der Waals surface area contributed by atoms with Gasteiger partial charge < -0.3 is 9.64 Å². The molecule has 1 aromatic heterocycles. The molecule has 1 aromatic rings. The number of likely N-dealkylation sites (tertiary alicyclic amines) is 1. The van der Waals surface area contributed by atoms with Crippen molar-refractivity contribution in [2.24, 2.45) is 11.8 Å². The van der Waals surface area contributed by atoms with Gasteiger partial charge in [-0.05, 0) is 50.2 Å². The molecule has 2 fully saturated rings. The molecule has 2 aliphatic heterocycles. The molecule has 21 heavy (non-hydrogen) atoms. The second-order valence-electron chi connectivity index (χ2n) is 6.20. The fourth-order valence-corrected chi connectivity index (χ4v) is 3.45. The summed E-state index contributed by atoms with van der Waals surface area (Å²) in [6, 6.07) is 6.07. The van der Waals surface area contributed by atoms with Crippen molar-refractivity contribution in [3.8, 4) is 0 Å². The number of carbonyl (C=O) groups excluding carboxylic acids is 1. The van der Waals surface area contributed by atoms with E-state index < -0.39 is 0 Å². The molecule has 0 aromatic carbocycles. The summed E-state index contributed by atoms with van der Waals surface area (Å²) < 4.78 is 5.36. The third-order valence-electron chi connectivity index (χ3n) is 4.63. The minimum absolute atomic E-state index is 0.187. The normalized spacial score (nSPS) is 24.0. The lowest BCUT2D eigenvalue weighted by atomic mass is 9.91. The van der Waals surface area contributed by atoms with Crippen molar-refractivity contribution in [1.82, 2.24) is 9.88 Å². The van der Waals surface area contributed by atoms with Gasteiger partial charge in [-0.2, -0.15) is 0 Å². The molecule has 0 aliphatic carbocycles. The van der Waals surface area contributed by atoms with E-state index in [0.29, 0.717) is 11.8 Å². The standard InChI is InChI=1S/C17H24N2O2/c20-17(15-6-10-21-11-7-15)19-9-3-4-14(13-19)12-16-5-1-2-8-18-16/h1-2,5,8,14-15H,3-4,6-7,9-13H2/t14-/m0/s1. The van der Waals surface area contributed by atoms with Crippen LogP contribution in [-0.4, -0.2) is 42.1 Å². The van der Waals surface area contributed by atoms with Gasteiger partial charge in [0.15, 0.2) is 0 Å². The summed E-state index contributed by atoms with van der Waals surface area (Å²) in [5, 5.41) is 0. The Morgan fingerprint density at radius 3 is 2.90 bits per heavy atom. The molecule has 114 valence electrons. The molecule has 3 rings (SSSR count). The highest BCUT2D eigenvalue weighted by Gasteiger charge is 2.30. The van der Waals surface area contributed by atoms with Gasteiger partial charge in [-0.15, -0.1) is 0 Å². The third-order valence-corrected chi connectivity index (χ3v) is 4.63. The second kappa shape index (κ2) is 7.03. The van der Waals surface area contributed by atoms with Crippen LogP contribution in [0.1, 0.15) is 31.4 Å². The molecule has 4 heteroatoms. The number of ether oxygens (including phenoxy) is 1. The lowest BCUT2D eigenvalue weighted by molar-refractivity contribution is -0.140. The maximum absolute atomic E-state index is 12.6. The minimum Gasteiger partial charge on any atom is -0.381 e. The van der Waals surface area contributed by atoms with E-state index in [-0.39, 0.29) is 5.92 Å². The van der Waals surface area contributed by atoms with Crippen LogP contribution in [0.15, 0.2) is 24.4 Å². The van der Waals surface area contributed by atoms with Gasteiger partial charge in [-0.25, -0.2) is 0 Å². The van der Waals surface area contributed by atoms with Gasteiger partial charge in [0, 0.05) is 44.1 Å². The average molecular weight is 288 g/mol. The monoisotopic (exact) mass is 288 g/mol. The van der Waals surface area contributed by atoms with Gasteiger partial charge in [-0.3, -0.25) is 9.78 Å². The first-order valence-electron chi connectivity index (χ1n) is 8.09. The fraction of sp³-hybridized carbons (Fsp3) is 0.647. The van der Waals surface area contributed by atoms with Gasteiger partial charge in [0.1, 0.15) is 0 Å². The molecule has 3 heterocycles. The van der Waals surface area contributed by atoms with Crippen molar-refractivity contribution >= 4 is 5.91 Å². The molecule has 1 atom stereocenters. The maximum atomic E-state index is 12.6. The van der Waals surface area contributed by atoms with Crippen molar-refractivity contribution in [1.29, 1.82) is 0 Å². The van der Waals surface area contributed by atoms with E-state index in [2.05, 4.69) is 16.0 Å². The van der Waals surface area contributed by atoms with Gasteiger partial charge >= 0.3 is 0 Å². The number of hydrogen-bond donors (Lipinski definition) is 0. The fourth-order valence-electron chi connectivity index (χ4n) is 3.45. The van der Waals surface area contributed by atoms with Crippen LogP contribution in [0.2, 0.25) is 0 Å². The van der Waals surface area contributed by atoms with Crippen molar-refractivity contribution in [3.63, 3.8) is 0 Å². The van der Waals surface area contributed by atoms with Crippen LogP contribution in [0.3, 0.4) is 0 Å². The summed E-state index contributed by atoms with van der Waals surface area (Å²) in [6.07, 6.45) is 6.93. The summed E-state index contributed by atoms with van der Waals surface area (Å²) in [7, 11) is 0. The van der Waals surface area contributed by atoms with E-state index in [1.165, 1.54) is 6.42 Å². The predicted octanol–water partition coefficient (Wildman–Crippen LogP) is 2.29. The zero-order valence-corrected chi connectivity index (χ0v) is 12.5. The van der Waals surface area contributed by atoms with Crippen molar-refractivity contribution in [2.45, 2.75) is 32.1 Å². The number of pyridine rings is 1. The van der Waals surface area contributed by atoms with Crippen LogP contribution in [0.25, 0.3) is 0 Å². The average Bonchev–Trinajstić information content (AvgIpc) is 2.56. The molecular formula is C17H24N2O2. The summed E-state index contributed by atoms with van der Waals surface area (Å²) in [5.74, 6) is 1.09. The van der Waals surface area contributed by atoms with Gasteiger partial charge in [0.05, 0.1) is 0 Å². The van der Waals surface area contributed by atoms with Crippen LogP contribution in [0.5, 0.6) is 0 Å². The minimum atomic E-state index is 0.187. The zero-order chi connectivity index (χ0) is 14.5. The maximum Gasteiger partial charge on any atom is 0.225 e. The Morgan fingerprint density at radius 2 is 2.14 bits per heavy atom. The van der Waals surface area contributed by atoms with Crippen LogP contribution in [-0.2, 0) is 16.0 Å². The molecule has 0 N–H and O–H groups in total. The number of amides is 1. The first kappa shape index (κ1) is 14.5. The van der Waals surface area contributed by atoms with Crippen LogP contribution >= 0.6 is 0 Å². The first-order valence-corrected chi connectivity index (χ1v) is 8.09. The Kier molecular flexibility index (Phi) is 4.86. The Balaban J connectivity index is 1.56. The highest BCUT2D eigenvalue weighted by molar-refractivity contribution is 5.79. The quantitative estimate of drug-likeness (QED) is 0.857. The van der Waals surface area contributed by atoms with E-state index in [1.54, 1.807) is 0 Å². The van der Waals surface area contributed by atoms with Crippen LogP contribution in [0, 0.1) is 11.8 Å². The smallest absolute Gasteiger partial charge is 0.225 e. The Morgan fingerprint density at radius 1 is 1.29 bits per heavy atom. The van der Waals surface area contributed by atoms with E-state index >= 15 is 0 Å². The number of nitrogens with zero attached hydrogens (tertiary/aromatic N) is 2. The lowest BCUT2D eigenvalue weighted by Crippen LogP contribution is -2.44. The molecule has 1 amide bonds. The largest absolute Gasteiger partial charge is 0.381 e. The summed E-state index contributed by atoms with van der Waals surface area (Å²) in [5.41, 5.74) is 1.14. The Hall–Kier alpha value is -1.42. The summed E-state index contributed by atoms with van der Waals surface area (Å²) in [6.45, 7) is 3.30. The Labute approximate surface area is 126 Å². The summed E-state index contributed by atoms with van der Waals surface area (Å²) in [4.78, 5) is 19.1.